The molecule has 0 amide bonds. The molecule has 0 spiro atoms. The van der Waals surface area contributed by atoms with Crippen molar-refractivity contribution >= 4 is 21.7 Å². The van der Waals surface area contributed by atoms with Gasteiger partial charge in [-0.15, -0.1) is 0 Å². The maximum absolute atomic E-state index is 13.1. The normalized spacial score (nSPS) is 18.2. The van der Waals surface area contributed by atoms with E-state index in [1.165, 1.54) is 6.42 Å². The van der Waals surface area contributed by atoms with E-state index in [0.29, 0.717) is 12.2 Å². The van der Waals surface area contributed by atoms with E-state index in [1.54, 1.807) is 0 Å². The molecule has 0 saturated heterocycles. The molecule has 0 atom stereocenters. The van der Waals surface area contributed by atoms with Crippen molar-refractivity contribution in [2.75, 3.05) is 14.1 Å². The van der Waals surface area contributed by atoms with Gasteiger partial charge in [0.15, 0.2) is 5.78 Å². The monoisotopic (exact) mass is 355 g/mol. The topological polar surface area (TPSA) is 38.1 Å². The second kappa shape index (κ2) is 6.61. The van der Waals surface area contributed by atoms with Crippen molar-refractivity contribution in [2.24, 2.45) is 0 Å². The van der Waals surface area contributed by atoms with Crippen molar-refractivity contribution in [1.29, 1.82) is 0 Å². The highest BCUT2D eigenvalue weighted by Crippen LogP contribution is 2.35. The molecule has 118 valence electrons. The molecular weight excluding hydrogens is 330 g/mol. The van der Waals surface area contributed by atoms with Gasteiger partial charge in [0, 0.05) is 6.54 Å². The molecular formula is C16H26BrN3O. The Bertz CT molecular complexity index is 516. The van der Waals surface area contributed by atoms with Crippen LogP contribution in [0.5, 0.6) is 0 Å². The van der Waals surface area contributed by atoms with Gasteiger partial charge < -0.3 is 0 Å². The van der Waals surface area contributed by atoms with Crippen LogP contribution in [0.4, 0.5) is 0 Å². The molecule has 2 rings (SSSR count). The van der Waals surface area contributed by atoms with Gasteiger partial charge in [0.1, 0.15) is 0 Å². The summed E-state index contributed by atoms with van der Waals surface area (Å²) in [6, 6.07) is 0. The van der Waals surface area contributed by atoms with E-state index in [1.807, 2.05) is 25.7 Å². The van der Waals surface area contributed by atoms with Crippen molar-refractivity contribution in [3.8, 4) is 0 Å². The summed E-state index contributed by atoms with van der Waals surface area (Å²) in [7, 11) is 4.08. The standard InChI is InChI=1S/C16H26BrN3O/c1-5-20-13(15(17)12(2)18-20)11-14(21)16(19(3)4)9-7-6-8-10-16/h5-11H2,1-4H3. The first-order valence-electron chi connectivity index (χ1n) is 7.85. The second-order valence-electron chi connectivity index (χ2n) is 6.25. The number of aryl methyl sites for hydroxylation is 2. The van der Waals surface area contributed by atoms with Gasteiger partial charge in [-0.05, 0) is 56.7 Å². The zero-order valence-corrected chi connectivity index (χ0v) is 15.2. The van der Waals surface area contributed by atoms with Gasteiger partial charge >= 0.3 is 0 Å². The Hall–Kier alpha value is -0.680. The smallest absolute Gasteiger partial charge is 0.159 e. The molecule has 1 aliphatic rings. The Morgan fingerprint density at radius 3 is 2.48 bits per heavy atom. The van der Waals surface area contributed by atoms with Gasteiger partial charge in [0.25, 0.3) is 0 Å². The molecule has 21 heavy (non-hydrogen) atoms. The molecule has 0 unspecified atom stereocenters. The quantitative estimate of drug-likeness (QED) is 0.812. The molecule has 1 saturated carbocycles. The lowest BCUT2D eigenvalue weighted by atomic mass is 9.76. The van der Waals surface area contributed by atoms with Gasteiger partial charge in [0.05, 0.1) is 27.8 Å². The number of carbonyl (C=O) groups excluding carboxylic acids is 1. The van der Waals surface area contributed by atoms with Gasteiger partial charge in [-0.2, -0.15) is 5.10 Å². The SMILES string of the molecule is CCn1nc(C)c(Br)c1CC(=O)C1(N(C)C)CCCCC1. The Morgan fingerprint density at radius 2 is 1.95 bits per heavy atom. The molecule has 0 aliphatic heterocycles. The minimum atomic E-state index is -0.283. The molecule has 5 heteroatoms. The Balaban J connectivity index is 2.27. The highest BCUT2D eigenvalue weighted by Gasteiger charge is 2.41. The van der Waals surface area contributed by atoms with E-state index in [-0.39, 0.29) is 5.54 Å². The Labute approximate surface area is 136 Å². The van der Waals surface area contributed by atoms with Gasteiger partial charge in [-0.1, -0.05) is 19.3 Å². The molecule has 0 N–H and O–H groups in total. The fourth-order valence-corrected chi connectivity index (χ4v) is 3.89. The minimum Gasteiger partial charge on any atom is -0.297 e. The highest BCUT2D eigenvalue weighted by molar-refractivity contribution is 9.10. The average Bonchev–Trinajstić information content (AvgIpc) is 2.75. The predicted molar refractivity (Wildman–Crippen MR) is 88.6 cm³/mol. The largest absolute Gasteiger partial charge is 0.297 e. The summed E-state index contributed by atoms with van der Waals surface area (Å²) in [6.07, 6.45) is 5.98. The number of rotatable bonds is 5. The van der Waals surface area contributed by atoms with Crippen LogP contribution in [-0.4, -0.2) is 40.1 Å². The third-order valence-corrected chi connectivity index (χ3v) is 5.87. The molecule has 4 nitrogen and oxygen atoms in total. The first-order chi connectivity index (χ1) is 9.92. The molecule has 0 radical (unpaired) electrons. The first kappa shape index (κ1) is 16.7. The fourth-order valence-electron chi connectivity index (χ4n) is 3.47. The number of carbonyl (C=O) groups is 1. The van der Waals surface area contributed by atoms with Gasteiger partial charge in [-0.3, -0.25) is 14.4 Å². The number of likely N-dealkylation sites (N-methyl/N-ethyl adjacent to an activating group) is 1. The summed E-state index contributed by atoms with van der Waals surface area (Å²) in [4.78, 5) is 15.2. The van der Waals surface area contributed by atoms with Crippen molar-refractivity contribution in [1.82, 2.24) is 14.7 Å². The molecule has 1 aromatic rings. The fraction of sp³-hybridized carbons (Fsp3) is 0.750. The molecule has 1 heterocycles. The number of hydrogen-bond donors (Lipinski definition) is 0. The molecule has 0 bridgehead atoms. The molecule has 1 aliphatic carbocycles. The van der Waals surface area contributed by atoms with Crippen LogP contribution in [0.15, 0.2) is 4.47 Å². The maximum Gasteiger partial charge on any atom is 0.159 e. The summed E-state index contributed by atoms with van der Waals surface area (Å²) < 4.78 is 2.94. The maximum atomic E-state index is 13.1. The molecule has 0 aromatic carbocycles. The van der Waals surface area contributed by atoms with Crippen LogP contribution >= 0.6 is 15.9 Å². The van der Waals surface area contributed by atoms with E-state index in [9.17, 15) is 4.79 Å². The number of ketones is 1. The number of aromatic nitrogens is 2. The summed E-state index contributed by atoms with van der Waals surface area (Å²) in [5.41, 5.74) is 1.70. The third-order valence-electron chi connectivity index (χ3n) is 4.84. The summed E-state index contributed by atoms with van der Waals surface area (Å²) in [6.45, 7) is 4.84. The van der Waals surface area contributed by atoms with Crippen molar-refractivity contribution in [2.45, 2.75) is 64.5 Å². The zero-order valence-electron chi connectivity index (χ0n) is 13.6. The van der Waals surface area contributed by atoms with Gasteiger partial charge in [0.2, 0.25) is 0 Å². The zero-order chi connectivity index (χ0) is 15.6. The van der Waals surface area contributed by atoms with Crippen LogP contribution in [-0.2, 0) is 17.8 Å². The van der Waals surface area contributed by atoms with Crippen LogP contribution in [0.1, 0.15) is 50.4 Å². The first-order valence-corrected chi connectivity index (χ1v) is 8.64. The Morgan fingerprint density at radius 1 is 1.33 bits per heavy atom. The van der Waals surface area contributed by atoms with Crippen molar-refractivity contribution in [3.63, 3.8) is 0 Å². The second-order valence-corrected chi connectivity index (χ2v) is 7.04. The van der Waals surface area contributed by atoms with Crippen LogP contribution in [0, 0.1) is 6.92 Å². The van der Waals surface area contributed by atoms with E-state index in [2.05, 4.69) is 32.9 Å². The van der Waals surface area contributed by atoms with Crippen LogP contribution < -0.4 is 0 Å². The number of hydrogen-bond acceptors (Lipinski definition) is 3. The lowest BCUT2D eigenvalue weighted by molar-refractivity contribution is -0.131. The lowest BCUT2D eigenvalue weighted by Gasteiger charge is -2.41. The molecule has 1 aromatic heterocycles. The van der Waals surface area contributed by atoms with Crippen LogP contribution in [0.3, 0.4) is 0 Å². The number of Topliss-reactive ketones (excluding diaryl/α,β-unsaturated/α-hetero) is 1. The van der Waals surface area contributed by atoms with E-state index >= 15 is 0 Å². The number of halogens is 1. The van der Waals surface area contributed by atoms with Gasteiger partial charge in [-0.25, -0.2) is 0 Å². The average molecular weight is 356 g/mol. The third kappa shape index (κ3) is 3.09. The van der Waals surface area contributed by atoms with E-state index < -0.39 is 0 Å². The molecule has 1 fully saturated rings. The summed E-state index contributed by atoms with van der Waals surface area (Å²) in [5, 5.41) is 4.50. The summed E-state index contributed by atoms with van der Waals surface area (Å²) >= 11 is 3.60. The lowest BCUT2D eigenvalue weighted by Crippen LogP contribution is -2.53. The minimum absolute atomic E-state index is 0.283. The van der Waals surface area contributed by atoms with Crippen LogP contribution in [0.2, 0.25) is 0 Å². The van der Waals surface area contributed by atoms with E-state index in [4.69, 9.17) is 0 Å². The Kier molecular flexibility index (Phi) is 5.25. The van der Waals surface area contributed by atoms with E-state index in [0.717, 1.165) is 48.1 Å². The number of nitrogens with zero attached hydrogens (tertiary/aromatic N) is 3. The van der Waals surface area contributed by atoms with Crippen molar-refractivity contribution < 1.29 is 4.79 Å². The predicted octanol–water partition coefficient (Wildman–Crippen LogP) is 3.35. The highest BCUT2D eigenvalue weighted by atomic mass is 79.9. The summed E-state index contributed by atoms with van der Waals surface area (Å²) in [5.74, 6) is 0.336. The van der Waals surface area contributed by atoms with Crippen molar-refractivity contribution in [3.05, 3.63) is 15.9 Å². The van der Waals surface area contributed by atoms with Crippen LogP contribution in [0.25, 0.3) is 0 Å².